The van der Waals surface area contributed by atoms with Crippen LogP contribution in [0.3, 0.4) is 0 Å². The summed E-state index contributed by atoms with van der Waals surface area (Å²) in [6, 6.07) is 8.57. The smallest absolute Gasteiger partial charge is 0.191 e. The quantitative estimate of drug-likeness (QED) is 0.522. The van der Waals surface area contributed by atoms with Crippen LogP contribution in [0, 0.1) is 5.92 Å². The Labute approximate surface area is 158 Å². The minimum absolute atomic E-state index is 0.340. The summed E-state index contributed by atoms with van der Waals surface area (Å²) in [5, 5.41) is 6.70. The Bertz CT molecular complexity index is 523. The second-order valence-electron chi connectivity index (χ2n) is 7.24. The topological polar surface area (TPSA) is 54.9 Å². The standard InChI is InChI=1S/C21H35N3O2/c1-4-22-21(23-12-9-17(2)3)24-15-18-5-7-19(8-6-18)16-26-20-10-13-25-14-11-20/h5-8,17,20H,4,9-16H2,1-3H3,(H2,22,23,24). The molecule has 0 spiro atoms. The largest absolute Gasteiger partial charge is 0.381 e. The van der Waals surface area contributed by atoms with Crippen LogP contribution in [0.5, 0.6) is 0 Å². The highest BCUT2D eigenvalue weighted by atomic mass is 16.5. The van der Waals surface area contributed by atoms with E-state index in [1.807, 2.05) is 0 Å². The van der Waals surface area contributed by atoms with E-state index in [1.54, 1.807) is 0 Å². The van der Waals surface area contributed by atoms with Crippen molar-refractivity contribution in [2.45, 2.75) is 59.3 Å². The van der Waals surface area contributed by atoms with Gasteiger partial charge in [-0.3, -0.25) is 0 Å². The van der Waals surface area contributed by atoms with Crippen LogP contribution in [0.25, 0.3) is 0 Å². The SMILES string of the molecule is CCNC(=NCc1ccc(COC2CCOCC2)cc1)NCCC(C)C. The van der Waals surface area contributed by atoms with Gasteiger partial charge in [0.25, 0.3) is 0 Å². The summed E-state index contributed by atoms with van der Waals surface area (Å²) in [5.41, 5.74) is 2.42. The van der Waals surface area contributed by atoms with Crippen molar-refractivity contribution in [2.75, 3.05) is 26.3 Å². The molecule has 0 radical (unpaired) electrons. The van der Waals surface area contributed by atoms with Gasteiger partial charge in [-0.15, -0.1) is 0 Å². The molecule has 0 saturated carbocycles. The number of benzene rings is 1. The first kappa shape index (κ1) is 20.7. The van der Waals surface area contributed by atoms with E-state index in [-0.39, 0.29) is 0 Å². The lowest BCUT2D eigenvalue weighted by atomic mass is 10.1. The lowest BCUT2D eigenvalue weighted by molar-refractivity contribution is -0.0390. The molecule has 5 heteroatoms. The molecular formula is C21H35N3O2. The van der Waals surface area contributed by atoms with Gasteiger partial charge in [0.15, 0.2) is 5.96 Å². The Kier molecular flexibility index (Phi) is 9.50. The molecular weight excluding hydrogens is 326 g/mol. The van der Waals surface area contributed by atoms with Crippen LogP contribution < -0.4 is 10.6 Å². The summed E-state index contributed by atoms with van der Waals surface area (Å²) in [5.74, 6) is 1.58. The fraction of sp³-hybridized carbons (Fsp3) is 0.667. The molecule has 2 rings (SSSR count). The molecule has 1 saturated heterocycles. The molecule has 0 unspecified atom stereocenters. The van der Waals surface area contributed by atoms with E-state index in [9.17, 15) is 0 Å². The Morgan fingerprint density at radius 1 is 1.15 bits per heavy atom. The molecule has 1 aromatic rings. The first-order valence-corrected chi connectivity index (χ1v) is 9.96. The second kappa shape index (κ2) is 11.9. The zero-order valence-corrected chi connectivity index (χ0v) is 16.6. The monoisotopic (exact) mass is 361 g/mol. The number of aliphatic imine (C=N–C) groups is 1. The molecule has 0 aromatic heterocycles. The maximum absolute atomic E-state index is 5.97. The number of hydrogen-bond acceptors (Lipinski definition) is 3. The highest BCUT2D eigenvalue weighted by Gasteiger charge is 2.13. The van der Waals surface area contributed by atoms with E-state index >= 15 is 0 Å². The molecule has 0 atom stereocenters. The Balaban J connectivity index is 1.78. The molecule has 1 aliphatic rings. The normalized spacial score (nSPS) is 16.1. The third kappa shape index (κ3) is 8.19. The molecule has 0 aliphatic carbocycles. The third-order valence-electron chi connectivity index (χ3n) is 4.46. The van der Waals surface area contributed by atoms with E-state index in [1.165, 1.54) is 11.1 Å². The molecule has 2 N–H and O–H groups in total. The van der Waals surface area contributed by atoms with Crippen LogP contribution in [0.15, 0.2) is 29.3 Å². The average molecular weight is 362 g/mol. The van der Waals surface area contributed by atoms with Gasteiger partial charge in [-0.05, 0) is 43.2 Å². The molecule has 26 heavy (non-hydrogen) atoms. The van der Waals surface area contributed by atoms with Gasteiger partial charge in [-0.25, -0.2) is 4.99 Å². The number of ether oxygens (including phenoxy) is 2. The van der Waals surface area contributed by atoms with Crippen LogP contribution in [-0.4, -0.2) is 38.4 Å². The molecule has 1 fully saturated rings. The fourth-order valence-corrected chi connectivity index (χ4v) is 2.79. The van der Waals surface area contributed by atoms with E-state index < -0.39 is 0 Å². The number of rotatable bonds is 9. The van der Waals surface area contributed by atoms with E-state index in [0.717, 1.165) is 51.5 Å². The van der Waals surface area contributed by atoms with Crippen LogP contribution in [0.1, 0.15) is 51.2 Å². The van der Waals surface area contributed by atoms with E-state index in [0.29, 0.717) is 25.2 Å². The summed E-state index contributed by atoms with van der Waals surface area (Å²) in [6.07, 6.45) is 3.49. The molecule has 5 nitrogen and oxygen atoms in total. The minimum atomic E-state index is 0.340. The lowest BCUT2D eigenvalue weighted by Crippen LogP contribution is -2.38. The molecule has 1 aliphatic heterocycles. The maximum Gasteiger partial charge on any atom is 0.191 e. The van der Waals surface area contributed by atoms with Crippen molar-refractivity contribution in [1.29, 1.82) is 0 Å². The van der Waals surface area contributed by atoms with Crippen molar-refractivity contribution in [3.8, 4) is 0 Å². The van der Waals surface area contributed by atoms with Gasteiger partial charge in [0.1, 0.15) is 0 Å². The predicted molar refractivity (Wildman–Crippen MR) is 107 cm³/mol. The number of nitrogens with zero attached hydrogens (tertiary/aromatic N) is 1. The maximum atomic E-state index is 5.97. The summed E-state index contributed by atoms with van der Waals surface area (Å²) in [6.45, 7) is 11.4. The number of guanidine groups is 1. The summed E-state index contributed by atoms with van der Waals surface area (Å²) in [7, 11) is 0. The Morgan fingerprint density at radius 3 is 2.50 bits per heavy atom. The summed E-state index contributed by atoms with van der Waals surface area (Å²) < 4.78 is 11.3. The first-order valence-electron chi connectivity index (χ1n) is 9.96. The van der Waals surface area contributed by atoms with Gasteiger partial charge >= 0.3 is 0 Å². The number of hydrogen-bond donors (Lipinski definition) is 2. The highest BCUT2D eigenvalue weighted by Crippen LogP contribution is 2.14. The second-order valence-corrected chi connectivity index (χ2v) is 7.24. The zero-order valence-electron chi connectivity index (χ0n) is 16.6. The molecule has 146 valence electrons. The van der Waals surface area contributed by atoms with Gasteiger partial charge < -0.3 is 20.1 Å². The van der Waals surface area contributed by atoms with Crippen molar-refractivity contribution >= 4 is 5.96 Å². The van der Waals surface area contributed by atoms with Crippen molar-refractivity contribution in [3.05, 3.63) is 35.4 Å². The molecule has 0 amide bonds. The molecule has 0 bridgehead atoms. The van der Waals surface area contributed by atoms with E-state index in [4.69, 9.17) is 9.47 Å². The summed E-state index contributed by atoms with van der Waals surface area (Å²) >= 11 is 0. The summed E-state index contributed by atoms with van der Waals surface area (Å²) in [4.78, 5) is 4.68. The van der Waals surface area contributed by atoms with Crippen LogP contribution in [-0.2, 0) is 22.6 Å². The zero-order chi connectivity index (χ0) is 18.6. The number of nitrogens with one attached hydrogen (secondary N) is 2. The minimum Gasteiger partial charge on any atom is -0.381 e. The van der Waals surface area contributed by atoms with Crippen molar-refractivity contribution in [1.82, 2.24) is 10.6 Å². The van der Waals surface area contributed by atoms with Crippen molar-refractivity contribution in [3.63, 3.8) is 0 Å². The first-order chi connectivity index (χ1) is 12.7. The third-order valence-corrected chi connectivity index (χ3v) is 4.46. The van der Waals surface area contributed by atoms with Gasteiger partial charge in [0.05, 0.1) is 19.3 Å². The van der Waals surface area contributed by atoms with Gasteiger partial charge in [0.2, 0.25) is 0 Å². The van der Waals surface area contributed by atoms with Crippen LogP contribution in [0.4, 0.5) is 0 Å². The van der Waals surface area contributed by atoms with Gasteiger partial charge in [-0.1, -0.05) is 38.1 Å². The lowest BCUT2D eigenvalue weighted by Gasteiger charge is -2.22. The van der Waals surface area contributed by atoms with Crippen LogP contribution >= 0.6 is 0 Å². The van der Waals surface area contributed by atoms with Crippen LogP contribution in [0.2, 0.25) is 0 Å². The molecule has 1 aromatic carbocycles. The molecule has 1 heterocycles. The fourth-order valence-electron chi connectivity index (χ4n) is 2.79. The van der Waals surface area contributed by atoms with Crippen molar-refractivity contribution < 1.29 is 9.47 Å². The highest BCUT2D eigenvalue weighted by molar-refractivity contribution is 5.79. The van der Waals surface area contributed by atoms with Gasteiger partial charge in [0, 0.05) is 26.3 Å². The van der Waals surface area contributed by atoms with E-state index in [2.05, 4.69) is 60.7 Å². The van der Waals surface area contributed by atoms with Gasteiger partial charge in [-0.2, -0.15) is 0 Å². The van der Waals surface area contributed by atoms with Crippen molar-refractivity contribution in [2.24, 2.45) is 10.9 Å². The average Bonchev–Trinajstić information content (AvgIpc) is 2.66. The Morgan fingerprint density at radius 2 is 1.85 bits per heavy atom. The Hall–Kier alpha value is -1.59. The predicted octanol–water partition coefficient (Wildman–Crippen LogP) is 3.48.